The van der Waals surface area contributed by atoms with Crippen molar-refractivity contribution in [1.29, 1.82) is 0 Å². The number of benzene rings is 1. The number of nitrogens with one attached hydrogen (secondary N) is 2. The van der Waals surface area contributed by atoms with E-state index >= 15 is 0 Å². The van der Waals surface area contributed by atoms with Crippen LogP contribution in [0.4, 0.5) is 10.5 Å². The van der Waals surface area contributed by atoms with Crippen molar-refractivity contribution in [3.05, 3.63) is 24.1 Å². The number of oxazole rings is 1. The van der Waals surface area contributed by atoms with Crippen LogP contribution in [-0.4, -0.2) is 17.6 Å². The average Bonchev–Trinajstić information content (AvgIpc) is 2.66. The van der Waals surface area contributed by atoms with Gasteiger partial charge in [0, 0.05) is 25.2 Å². The van der Waals surface area contributed by atoms with Gasteiger partial charge in [0.15, 0.2) is 11.5 Å². The van der Waals surface area contributed by atoms with Gasteiger partial charge in [-0.25, -0.2) is 9.78 Å². The lowest BCUT2D eigenvalue weighted by molar-refractivity contribution is 0.251. The molecule has 0 saturated carbocycles. The predicted octanol–water partition coefficient (Wildman–Crippen LogP) is 2.91. The lowest BCUT2D eigenvalue weighted by Crippen LogP contribution is -2.31. The molecule has 2 amide bonds. The second-order valence-electron chi connectivity index (χ2n) is 4.64. The van der Waals surface area contributed by atoms with E-state index < -0.39 is 0 Å². The smallest absolute Gasteiger partial charge is 0.319 e. The standard InChI is InChI=1S/C13H17N3O2/c1-8(2)7-14-13(17)16-10-4-5-11-12(6-10)18-9(3)15-11/h4-6,8H,7H2,1-3H3,(H2,14,16,17). The van der Waals surface area contributed by atoms with E-state index in [0.717, 1.165) is 5.52 Å². The molecular weight excluding hydrogens is 230 g/mol. The maximum absolute atomic E-state index is 11.6. The van der Waals surface area contributed by atoms with Gasteiger partial charge in [-0.2, -0.15) is 0 Å². The minimum absolute atomic E-state index is 0.209. The second kappa shape index (κ2) is 5.08. The van der Waals surface area contributed by atoms with Crippen LogP contribution in [0.25, 0.3) is 11.1 Å². The van der Waals surface area contributed by atoms with E-state index in [-0.39, 0.29) is 6.03 Å². The van der Waals surface area contributed by atoms with Crippen molar-refractivity contribution in [1.82, 2.24) is 10.3 Å². The molecule has 96 valence electrons. The number of amides is 2. The third-order valence-electron chi connectivity index (χ3n) is 2.42. The van der Waals surface area contributed by atoms with E-state index in [9.17, 15) is 4.79 Å². The van der Waals surface area contributed by atoms with Crippen LogP contribution >= 0.6 is 0 Å². The van der Waals surface area contributed by atoms with Crippen molar-refractivity contribution in [2.45, 2.75) is 20.8 Å². The third-order valence-corrected chi connectivity index (χ3v) is 2.42. The van der Waals surface area contributed by atoms with E-state index in [1.807, 2.05) is 19.9 Å². The zero-order chi connectivity index (χ0) is 13.1. The summed E-state index contributed by atoms with van der Waals surface area (Å²) in [7, 11) is 0. The van der Waals surface area contributed by atoms with Crippen molar-refractivity contribution in [3.63, 3.8) is 0 Å². The maximum Gasteiger partial charge on any atom is 0.319 e. The first-order valence-electron chi connectivity index (χ1n) is 5.96. The normalized spacial score (nSPS) is 10.9. The highest BCUT2D eigenvalue weighted by Crippen LogP contribution is 2.19. The summed E-state index contributed by atoms with van der Waals surface area (Å²) in [5.41, 5.74) is 2.16. The van der Waals surface area contributed by atoms with Crippen molar-refractivity contribution in [2.24, 2.45) is 5.92 Å². The molecule has 2 aromatic rings. The molecule has 0 unspecified atom stereocenters. The van der Waals surface area contributed by atoms with Gasteiger partial charge >= 0.3 is 6.03 Å². The van der Waals surface area contributed by atoms with Crippen LogP contribution in [0, 0.1) is 12.8 Å². The fraction of sp³-hybridized carbons (Fsp3) is 0.385. The van der Waals surface area contributed by atoms with E-state index in [1.165, 1.54) is 0 Å². The largest absolute Gasteiger partial charge is 0.441 e. The van der Waals surface area contributed by atoms with Crippen LogP contribution in [0.2, 0.25) is 0 Å². The number of urea groups is 1. The zero-order valence-corrected chi connectivity index (χ0v) is 10.8. The number of hydrogen-bond donors (Lipinski definition) is 2. The number of aromatic nitrogens is 1. The molecule has 1 heterocycles. The number of aryl methyl sites for hydroxylation is 1. The number of hydrogen-bond acceptors (Lipinski definition) is 3. The molecule has 2 N–H and O–H groups in total. The average molecular weight is 247 g/mol. The minimum atomic E-state index is -0.209. The Morgan fingerprint density at radius 2 is 2.22 bits per heavy atom. The third kappa shape index (κ3) is 3.00. The van der Waals surface area contributed by atoms with Gasteiger partial charge in [0.1, 0.15) is 5.52 Å². The van der Waals surface area contributed by atoms with Gasteiger partial charge in [0.25, 0.3) is 0 Å². The molecule has 0 atom stereocenters. The first-order valence-corrected chi connectivity index (χ1v) is 5.96. The highest BCUT2D eigenvalue weighted by atomic mass is 16.3. The lowest BCUT2D eigenvalue weighted by atomic mass is 10.2. The molecule has 1 aromatic heterocycles. The molecule has 0 saturated heterocycles. The molecule has 2 rings (SSSR count). The van der Waals surface area contributed by atoms with Crippen molar-refractivity contribution in [2.75, 3.05) is 11.9 Å². The predicted molar refractivity (Wildman–Crippen MR) is 70.6 cm³/mol. The Morgan fingerprint density at radius 1 is 1.44 bits per heavy atom. The van der Waals surface area contributed by atoms with Gasteiger partial charge in [-0.3, -0.25) is 0 Å². The molecular formula is C13H17N3O2. The summed E-state index contributed by atoms with van der Waals surface area (Å²) in [4.78, 5) is 15.8. The van der Waals surface area contributed by atoms with Gasteiger partial charge in [-0.15, -0.1) is 0 Å². The highest BCUT2D eigenvalue weighted by molar-refractivity contribution is 5.91. The van der Waals surface area contributed by atoms with Gasteiger partial charge in [0.05, 0.1) is 0 Å². The Bertz CT molecular complexity index is 560. The topological polar surface area (TPSA) is 67.2 Å². The molecule has 0 aliphatic heterocycles. The summed E-state index contributed by atoms with van der Waals surface area (Å²) in [6, 6.07) is 5.19. The Hall–Kier alpha value is -2.04. The molecule has 1 aromatic carbocycles. The van der Waals surface area contributed by atoms with Gasteiger partial charge < -0.3 is 15.1 Å². The fourth-order valence-corrected chi connectivity index (χ4v) is 1.59. The number of rotatable bonds is 3. The first kappa shape index (κ1) is 12.4. The van der Waals surface area contributed by atoms with Crippen molar-refractivity contribution < 1.29 is 9.21 Å². The quantitative estimate of drug-likeness (QED) is 0.876. The highest BCUT2D eigenvalue weighted by Gasteiger charge is 2.06. The van der Waals surface area contributed by atoms with Gasteiger partial charge in [-0.05, 0) is 18.1 Å². The lowest BCUT2D eigenvalue weighted by Gasteiger charge is -2.09. The van der Waals surface area contributed by atoms with Crippen LogP contribution in [0.5, 0.6) is 0 Å². The molecule has 0 fully saturated rings. The second-order valence-corrected chi connectivity index (χ2v) is 4.64. The van der Waals surface area contributed by atoms with Crippen LogP contribution in [0.3, 0.4) is 0 Å². The Balaban J connectivity index is 2.05. The summed E-state index contributed by atoms with van der Waals surface area (Å²) in [6.45, 7) is 6.53. The van der Waals surface area contributed by atoms with Gasteiger partial charge in [-0.1, -0.05) is 13.8 Å². The van der Waals surface area contributed by atoms with Crippen LogP contribution in [0.15, 0.2) is 22.6 Å². The Morgan fingerprint density at radius 3 is 2.94 bits per heavy atom. The summed E-state index contributed by atoms with van der Waals surface area (Å²) >= 11 is 0. The van der Waals surface area contributed by atoms with E-state index in [0.29, 0.717) is 29.6 Å². The van der Waals surface area contributed by atoms with Crippen molar-refractivity contribution >= 4 is 22.8 Å². The fourth-order valence-electron chi connectivity index (χ4n) is 1.59. The summed E-state index contributed by atoms with van der Waals surface area (Å²) in [5.74, 6) is 1.04. The molecule has 0 radical (unpaired) electrons. The first-order chi connectivity index (χ1) is 8.54. The maximum atomic E-state index is 11.6. The van der Waals surface area contributed by atoms with Crippen LogP contribution < -0.4 is 10.6 Å². The summed E-state index contributed by atoms with van der Waals surface area (Å²) in [6.07, 6.45) is 0. The molecule has 5 nitrogen and oxygen atoms in total. The minimum Gasteiger partial charge on any atom is -0.441 e. The molecule has 0 aliphatic carbocycles. The van der Waals surface area contributed by atoms with Crippen LogP contribution in [-0.2, 0) is 0 Å². The van der Waals surface area contributed by atoms with E-state index in [2.05, 4.69) is 15.6 Å². The van der Waals surface area contributed by atoms with Crippen LogP contribution in [0.1, 0.15) is 19.7 Å². The number of fused-ring (bicyclic) bond motifs is 1. The number of carbonyl (C=O) groups excluding carboxylic acids is 1. The Kier molecular flexibility index (Phi) is 3.50. The molecule has 18 heavy (non-hydrogen) atoms. The molecule has 0 bridgehead atoms. The van der Waals surface area contributed by atoms with E-state index in [4.69, 9.17) is 4.42 Å². The monoisotopic (exact) mass is 247 g/mol. The summed E-state index contributed by atoms with van der Waals surface area (Å²) < 4.78 is 5.41. The number of anilines is 1. The van der Waals surface area contributed by atoms with E-state index in [1.54, 1.807) is 19.1 Å². The van der Waals surface area contributed by atoms with Gasteiger partial charge in [0.2, 0.25) is 0 Å². The summed E-state index contributed by atoms with van der Waals surface area (Å²) in [5, 5.41) is 5.55. The number of nitrogens with zero attached hydrogens (tertiary/aromatic N) is 1. The Labute approximate surface area is 106 Å². The SMILES string of the molecule is Cc1nc2ccc(NC(=O)NCC(C)C)cc2o1. The molecule has 0 spiro atoms. The zero-order valence-electron chi connectivity index (χ0n) is 10.8. The molecule has 5 heteroatoms. The number of carbonyl (C=O) groups is 1. The molecule has 0 aliphatic rings. The van der Waals surface area contributed by atoms with Crippen molar-refractivity contribution in [3.8, 4) is 0 Å².